The van der Waals surface area contributed by atoms with Gasteiger partial charge in [0.25, 0.3) is 0 Å². The minimum Gasteiger partial charge on any atom is -0.343 e. The topological polar surface area (TPSA) is 4.93 Å². The van der Waals surface area contributed by atoms with Gasteiger partial charge >= 0.3 is 0 Å². The van der Waals surface area contributed by atoms with Crippen LogP contribution in [-0.2, 0) is 6.54 Å². The Morgan fingerprint density at radius 3 is 2.88 bits per heavy atom. The van der Waals surface area contributed by atoms with Crippen molar-refractivity contribution in [2.24, 2.45) is 0 Å². The molecule has 0 amide bonds. The Balaban J connectivity index is 2.21. The summed E-state index contributed by atoms with van der Waals surface area (Å²) in [5, 5.41) is 1.32. The molecular formula is C15H19N. The molecule has 0 fully saturated rings. The normalized spacial score (nSPS) is 12.2. The molecule has 84 valence electrons. The average Bonchev–Trinajstić information content (AvgIpc) is 2.70. The van der Waals surface area contributed by atoms with E-state index in [4.69, 9.17) is 0 Å². The SMILES string of the molecule is CCC/C=C(\C)Cn1ccc2ccccc21. The first-order chi connectivity index (χ1) is 7.81. The highest BCUT2D eigenvalue weighted by molar-refractivity contribution is 5.79. The Bertz CT molecular complexity index is 491. The second-order valence-corrected chi connectivity index (χ2v) is 4.34. The lowest BCUT2D eigenvalue weighted by Gasteiger charge is -2.05. The maximum atomic E-state index is 2.34. The summed E-state index contributed by atoms with van der Waals surface area (Å²) in [6.45, 7) is 5.44. The number of hydrogen-bond acceptors (Lipinski definition) is 0. The molecule has 0 aliphatic rings. The van der Waals surface area contributed by atoms with Crippen molar-refractivity contribution in [2.45, 2.75) is 33.2 Å². The number of aromatic nitrogens is 1. The minimum absolute atomic E-state index is 1.01. The summed E-state index contributed by atoms with van der Waals surface area (Å²) in [6.07, 6.45) is 6.93. The zero-order valence-corrected chi connectivity index (χ0v) is 10.1. The summed E-state index contributed by atoms with van der Waals surface area (Å²) in [4.78, 5) is 0. The fourth-order valence-corrected chi connectivity index (χ4v) is 2.00. The van der Waals surface area contributed by atoms with Crippen molar-refractivity contribution < 1.29 is 0 Å². The quantitative estimate of drug-likeness (QED) is 0.664. The van der Waals surface area contributed by atoms with E-state index in [1.54, 1.807) is 0 Å². The zero-order valence-electron chi connectivity index (χ0n) is 10.1. The van der Waals surface area contributed by atoms with Gasteiger partial charge in [-0.3, -0.25) is 0 Å². The van der Waals surface area contributed by atoms with E-state index in [1.165, 1.54) is 29.3 Å². The highest BCUT2D eigenvalue weighted by Crippen LogP contribution is 2.16. The predicted molar refractivity (Wildman–Crippen MR) is 70.6 cm³/mol. The maximum Gasteiger partial charge on any atom is 0.0483 e. The first kappa shape index (κ1) is 11.0. The highest BCUT2D eigenvalue weighted by atomic mass is 14.9. The summed E-state index contributed by atoms with van der Waals surface area (Å²) in [7, 11) is 0. The Morgan fingerprint density at radius 1 is 1.25 bits per heavy atom. The first-order valence-electron chi connectivity index (χ1n) is 6.00. The van der Waals surface area contributed by atoms with E-state index < -0.39 is 0 Å². The smallest absolute Gasteiger partial charge is 0.0483 e. The number of hydrogen-bond donors (Lipinski definition) is 0. The van der Waals surface area contributed by atoms with E-state index in [0.717, 1.165) is 6.54 Å². The van der Waals surface area contributed by atoms with Crippen molar-refractivity contribution in [2.75, 3.05) is 0 Å². The molecule has 2 aromatic rings. The molecule has 0 N–H and O–H groups in total. The Kier molecular flexibility index (Phi) is 3.45. The Labute approximate surface area is 97.4 Å². The van der Waals surface area contributed by atoms with Crippen LogP contribution in [0.5, 0.6) is 0 Å². The van der Waals surface area contributed by atoms with Gasteiger partial charge in [-0.25, -0.2) is 0 Å². The van der Waals surface area contributed by atoms with Gasteiger partial charge in [0.1, 0.15) is 0 Å². The molecule has 0 spiro atoms. The molecule has 1 heterocycles. The minimum atomic E-state index is 1.01. The van der Waals surface area contributed by atoms with Crippen LogP contribution in [0.2, 0.25) is 0 Å². The molecule has 0 aliphatic carbocycles. The Morgan fingerprint density at radius 2 is 2.06 bits per heavy atom. The van der Waals surface area contributed by atoms with Gasteiger partial charge in [0.15, 0.2) is 0 Å². The summed E-state index contributed by atoms with van der Waals surface area (Å²) in [6, 6.07) is 10.7. The summed E-state index contributed by atoms with van der Waals surface area (Å²) < 4.78 is 2.32. The third kappa shape index (κ3) is 2.35. The number of fused-ring (bicyclic) bond motifs is 1. The molecule has 0 saturated heterocycles. The second-order valence-electron chi connectivity index (χ2n) is 4.34. The van der Waals surface area contributed by atoms with Crippen molar-refractivity contribution in [3.8, 4) is 0 Å². The molecule has 1 aromatic heterocycles. The van der Waals surface area contributed by atoms with Crippen LogP contribution in [0.1, 0.15) is 26.7 Å². The standard InChI is InChI=1S/C15H19N/c1-3-4-7-13(2)12-16-11-10-14-8-5-6-9-15(14)16/h5-11H,3-4,12H2,1-2H3/b13-7+. The van der Waals surface area contributed by atoms with Crippen LogP contribution in [0.4, 0.5) is 0 Å². The number of para-hydroxylation sites is 1. The second kappa shape index (κ2) is 5.02. The summed E-state index contributed by atoms with van der Waals surface area (Å²) in [5.74, 6) is 0. The molecule has 0 bridgehead atoms. The highest BCUT2D eigenvalue weighted by Gasteiger charge is 1.99. The monoisotopic (exact) mass is 213 g/mol. The van der Waals surface area contributed by atoms with Gasteiger partial charge in [-0.05, 0) is 30.9 Å². The van der Waals surface area contributed by atoms with E-state index in [1.807, 2.05) is 0 Å². The lowest BCUT2D eigenvalue weighted by atomic mass is 10.2. The number of rotatable bonds is 4. The number of unbranched alkanes of at least 4 members (excludes halogenated alkanes) is 1. The third-order valence-electron chi connectivity index (χ3n) is 2.88. The molecule has 0 atom stereocenters. The predicted octanol–water partition coefficient (Wildman–Crippen LogP) is 4.39. The van der Waals surface area contributed by atoms with Crippen molar-refractivity contribution in [1.82, 2.24) is 4.57 Å². The average molecular weight is 213 g/mol. The molecule has 1 aromatic carbocycles. The van der Waals surface area contributed by atoms with Gasteiger partial charge < -0.3 is 4.57 Å². The van der Waals surface area contributed by atoms with Gasteiger partial charge in [0, 0.05) is 18.3 Å². The van der Waals surface area contributed by atoms with Crippen molar-refractivity contribution >= 4 is 10.9 Å². The van der Waals surface area contributed by atoms with Crippen molar-refractivity contribution in [3.05, 3.63) is 48.2 Å². The number of benzene rings is 1. The fraction of sp³-hybridized carbons (Fsp3) is 0.333. The molecule has 0 aliphatic heterocycles. The molecular weight excluding hydrogens is 194 g/mol. The maximum absolute atomic E-state index is 2.34. The van der Waals surface area contributed by atoms with Gasteiger partial charge in [-0.15, -0.1) is 0 Å². The van der Waals surface area contributed by atoms with Crippen LogP contribution in [-0.4, -0.2) is 4.57 Å². The molecule has 0 saturated carbocycles. The van der Waals surface area contributed by atoms with E-state index >= 15 is 0 Å². The number of allylic oxidation sites excluding steroid dienone is 2. The molecule has 0 unspecified atom stereocenters. The van der Waals surface area contributed by atoms with Crippen molar-refractivity contribution in [1.29, 1.82) is 0 Å². The lowest BCUT2D eigenvalue weighted by molar-refractivity contribution is 0.806. The molecule has 16 heavy (non-hydrogen) atoms. The molecule has 1 nitrogen and oxygen atoms in total. The van der Waals surface area contributed by atoms with Gasteiger partial charge in [0.05, 0.1) is 0 Å². The molecule has 1 heteroatoms. The van der Waals surface area contributed by atoms with E-state index in [0.29, 0.717) is 0 Å². The Hall–Kier alpha value is -1.50. The van der Waals surface area contributed by atoms with Crippen LogP contribution in [0.25, 0.3) is 10.9 Å². The van der Waals surface area contributed by atoms with Crippen LogP contribution in [0.3, 0.4) is 0 Å². The lowest BCUT2D eigenvalue weighted by Crippen LogP contribution is -1.96. The van der Waals surface area contributed by atoms with Crippen LogP contribution in [0, 0.1) is 0 Å². The first-order valence-corrected chi connectivity index (χ1v) is 6.00. The summed E-state index contributed by atoms with van der Waals surface area (Å²) >= 11 is 0. The third-order valence-corrected chi connectivity index (χ3v) is 2.88. The number of nitrogens with zero attached hydrogens (tertiary/aromatic N) is 1. The fourth-order valence-electron chi connectivity index (χ4n) is 2.00. The van der Waals surface area contributed by atoms with E-state index in [2.05, 4.69) is 61.0 Å². The van der Waals surface area contributed by atoms with E-state index in [9.17, 15) is 0 Å². The van der Waals surface area contributed by atoms with Crippen LogP contribution in [0.15, 0.2) is 48.2 Å². The van der Waals surface area contributed by atoms with Gasteiger partial charge in [-0.1, -0.05) is 43.2 Å². The van der Waals surface area contributed by atoms with Crippen LogP contribution >= 0.6 is 0 Å². The summed E-state index contributed by atoms with van der Waals surface area (Å²) in [5.41, 5.74) is 2.77. The molecule has 0 radical (unpaired) electrons. The zero-order chi connectivity index (χ0) is 11.4. The van der Waals surface area contributed by atoms with E-state index in [-0.39, 0.29) is 0 Å². The van der Waals surface area contributed by atoms with Crippen molar-refractivity contribution in [3.63, 3.8) is 0 Å². The van der Waals surface area contributed by atoms with Crippen LogP contribution < -0.4 is 0 Å². The van der Waals surface area contributed by atoms with Gasteiger partial charge in [0.2, 0.25) is 0 Å². The largest absolute Gasteiger partial charge is 0.343 e. The molecule has 2 rings (SSSR count). The van der Waals surface area contributed by atoms with Gasteiger partial charge in [-0.2, -0.15) is 0 Å².